The van der Waals surface area contributed by atoms with E-state index in [2.05, 4.69) is 4.74 Å². The van der Waals surface area contributed by atoms with Gasteiger partial charge in [-0.3, -0.25) is 14.9 Å². The summed E-state index contributed by atoms with van der Waals surface area (Å²) in [6, 6.07) is 0. The third kappa shape index (κ3) is 2.92. The first-order valence-electron chi connectivity index (χ1n) is 5.01. The summed E-state index contributed by atoms with van der Waals surface area (Å²) < 4.78 is 4.29. The maximum Gasteiger partial charge on any atom is 0.413 e. The molecule has 2 amide bonds. The van der Waals surface area contributed by atoms with E-state index < -0.39 is 12.0 Å². The summed E-state index contributed by atoms with van der Waals surface area (Å²) >= 11 is 0. The van der Waals surface area contributed by atoms with Crippen molar-refractivity contribution in [2.75, 3.05) is 7.11 Å². The number of imide groups is 1. The smallest absolute Gasteiger partial charge is 0.413 e. The fourth-order valence-electron chi connectivity index (χ4n) is 1.52. The Hall–Kier alpha value is -1.65. The Labute approximate surface area is 93.8 Å². The number of ether oxygens (including phenoxy) is 1. The molecule has 0 radical (unpaired) electrons. The fraction of sp³-hybridized carbons (Fsp3) is 0.545. The van der Waals surface area contributed by atoms with E-state index >= 15 is 0 Å². The van der Waals surface area contributed by atoms with E-state index in [4.69, 9.17) is 0 Å². The molecule has 0 unspecified atom stereocenters. The normalized spacial score (nSPS) is 18.7. The maximum absolute atomic E-state index is 11.6. The van der Waals surface area contributed by atoms with Gasteiger partial charge < -0.3 is 4.74 Å². The second-order valence-electron chi connectivity index (χ2n) is 4.42. The van der Waals surface area contributed by atoms with Gasteiger partial charge in [0.05, 0.1) is 12.7 Å². The summed E-state index contributed by atoms with van der Waals surface area (Å²) in [6.07, 6.45) is 1.79. The largest absolute Gasteiger partial charge is 0.453 e. The van der Waals surface area contributed by atoms with Crippen LogP contribution in [0.2, 0.25) is 0 Å². The molecular formula is C11H15NO4. The zero-order valence-corrected chi connectivity index (χ0v) is 9.62. The highest BCUT2D eigenvalue weighted by Crippen LogP contribution is 2.31. The molecule has 88 valence electrons. The van der Waals surface area contributed by atoms with Crippen molar-refractivity contribution in [3.05, 3.63) is 11.6 Å². The number of alkyl carbamates (subject to hydrolysis) is 1. The van der Waals surface area contributed by atoms with Gasteiger partial charge in [-0.25, -0.2) is 4.79 Å². The van der Waals surface area contributed by atoms with Crippen molar-refractivity contribution in [1.29, 1.82) is 0 Å². The van der Waals surface area contributed by atoms with Crippen LogP contribution >= 0.6 is 0 Å². The summed E-state index contributed by atoms with van der Waals surface area (Å²) in [5, 5.41) is 1.98. The molecule has 0 atom stereocenters. The van der Waals surface area contributed by atoms with Crippen molar-refractivity contribution < 1.29 is 19.1 Å². The van der Waals surface area contributed by atoms with Crippen molar-refractivity contribution in [3.63, 3.8) is 0 Å². The molecule has 1 N–H and O–H groups in total. The number of nitrogens with one attached hydrogen (secondary N) is 1. The van der Waals surface area contributed by atoms with Crippen LogP contribution < -0.4 is 5.32 Å². The first-order chi connectivity index (χ1) is 7.35. The van der Waals surface area contributed by atoms with Gasteiger partial charge in [-0.05, 0) is 11.8 Å². The van der Waals surface area contributed by atoms with E-state index in [-0.39, 0.29) is 16.8 Å². The molecule has 0 fully saturated rings. The number of hydrogen-bond donors (Lipinski definition) is 1. The van der Waals surface area contributed by atoms with Crippen LogP contribution in [0.5, 0.6) is 0 Å². The van der Waals surface area contributed by atoms with Gasteiger partial charge in [0.25, 0.3) is 5.91 Å². The van der Waals surface area contributed by atoms with Gasteiger partial charge in [-0.2, -0.15) is 0 Å². The SMILES string of the molecule is COC(=O)NC(=O)C1=CC(C)(C)CCC1=O. The van der Waals surface area contributed by atoms with E-state index in [0.717, 1.165) is 7.11 Å². The van der Waals surface area contributed by atoms with E-state index in [1.54, 1.807) is 6.08 Å². The van der Waals surface area contributed by atoms with Gasteiger partial charge in [-0.15, -0.1) is 0 Å². The van der Waals surface area contributed by atoms with Crippen LogP contribution in [0, 0.1) is 5.41 Å². The number of carbonyl (C=O) groups is 3. The van der Waals surface area contributed by atoms with Crippen LogP contribution in [0.4, 0.5) is 4.79 Å². The highest BCUT2D eigenvalue weighted by molar-refractivity contribution is 6.22. The highest BCUT2D eigenvalue weighted by atomic mass is 16.5. The monoisotopic (exact) mass is 225 g/mol. The molecule has 0 saturated heterocycles. The third-order valence-electron chi connectivity index (χ3n) is 2.48. The molecule has 1 aliphatic carbocycles. The van der Waals surface area contributed by atoms with Crippen LogP contribution in [0.3, 0.4) is 0 Å². The van der Waals surface area contributed by atoms with Gasteiger partial charge in [0.2, 0.25) is 0 Å². The number of ketones is 1. The van der Waals surface area contributed by atoms with Gasteiger partial charge in [-0.1, -0.05) is 19.9 Å². The molecule has 5 heteroatoms. The lowest BCUT2D eigenvalue weighted by Gasteiger charge is -2.25. The molecule has 5 nitrogen and oxygen atoms in total. The van der Waals surface area contributed by atoms with Crippen molar-refractivity contribution in [3.8, 4) is 0 Å². The van der Waals surface area contributed by atoms with E-state index in [1.807, 2.05) is 19.2 Å². The quantitative estimate of drug-likeness (QED) is 0.680. The Morgan fingerprint density at radius 2 is 2.06 bits per heavy atom. The molecule has 0 spiro atoms. The Morgan fingerprint density at radius 1 is 1.44 bits per heavy atom. The van der Waals surface area contributed by atoms with Gasteiger partial charge in [0, 0.05) is 6.42 Å². The van der Waals surface area contributed by atoms with Crippen LogP contribution in [0.25, 0.3) is 0 Å². The average molecular weight is 225 g/mol. The predicted molar refractivity (Wildman–Crippen MR) is 56.7 cm³/mol. The minimum Gasteiger partial charge on any atom is -0.453 e. The van der Waals surface area contributed by atoms with Gasteiger partial charge in [0.1, 0.15) is 0 Å². The maximum atomic E-state index is 11.6. The lowest BCUT2D eigenvalue weighted by Crippen LogP contribution is -2.36. The summed E-state index contributed by atoms with van der Waals surface area (Å²) in [5.74, 6) is -0.926. The third-order valence-corrected chi connectivity index (χ3v) is 2.48. The van der Waals surface area contributed by atoms with Crippen LogP contribution in [0.1, 0.15) is 26.7 Å². The zero-order chi connectivity index (χ0) is 12.3. The molecule has 16 heavy (non-hydrogen) atoms. The molecule has 0 bridgehead atoms. The number of Topliss-reactive ketones (excluding diaryl/α,β-unsaturated/α-hetero) is 1. The highest BCUT2D eigenvalue weighted by Gasteiger charge is 2.30. The summed E-state index contributed by atoms with van der Waals surface area (Å²) in [6.45, 7) is 3.87. The van der Waals surface area contributed by atoms with Crippen molar-refractivity contribution in [1.82, 2.24) is 5.32 Å². The van der Waals surface area contributed by atoms with Gasteiger partial charge >= 0.3 is 6.09 Å². The molecule has 0 saturated carbocycles. The number of hydrogen-bond acceptors (Lipinski definition) is 4. The Balaban J connectivity index is 2.85. The first-order valence-corrected chi connectivity index (χ1v) is 5.01. The number of amides is 2. The molecule has 0 aromatic rings. The standard InChI is InChI=1S/C11H15NO4/c1-11(2)5-4-8(13)7(6-11)9(14)12-10(15)16-3/h6H,4-5H2,1-3H3,(H,12,14,15). The second kappa shape index (κ2) is 4.47. The summed E-state index contributed by atoms with van der Waals surface area (Å²) in [5.41, 5.74) is -0.155. The van der Waals surface area contributed by atoms with Crippen molar-refractivity contribution in [2.24, 2.45) is 5.41 Å². The van der Waals surface area contributed by atoms with E-state index in [0.29, 0.717) is 12.8 Å². The Morgan fingerprint density at radius 3 is 2.62 bits per heavy atom. The summed E-state index contributed by atoms with van der Waals surface area (Å²) in [7, 11) is 1.16. The topological polar surface area (TPSA) is 72.5 Å². The number of rotatable bonds is 1. The van der Waals surface area contributed by atoms with Crippen LogP contribution in [-0.2, 0) is 14.3 Å². The summed E-state index contributed by atoms with van der Waals surface area (Å²) in [4.78, 5) is 33.9. The van der Waals surface area contributed by atoms with Crippen molar-refractivity contribution in [2.45, 2.75) is 26.7 Å². The van der Waals surface area contributed by atoms with Crippen LogP contribution in [-0.4, -0.2) is 24.9 Å². The molecule has 0 aromatic carbocycles. The second-order valence-corrected chi connectivity index (χ2v) is 4.42. The van der Waals surface area contributed by atoms with E-state index in [1.165, 1.54) is 0 Å². The Bertz CT molecular complexity index is 368. The molecular weight excluding hydrogens is 210 g/mol. The lowest BCUT2D eigenvalue weighted by atomic mass is 9.79. The number of methoxy groups -OCH3 is 1. The zero-order valence-electron chi connectivity index (χ0n) is 9.62. The molecule has 1 aliphatic rings. The molecule has 0 aromatic heterocycles. The van der Waals surface area contributed by atoms with Crippen LogP contribution in [0.15, 0.2) is 11.6 Å². The number of carbonyl (C=O) groups excluding carboxylic acids is 3. The molecule has 0 aliphatic heterocycles. The minimum atomic E-state index is -0.859. The fourth-order valence-corrected chi connectivity index (χ4v) is 1.52. The predicted octanol–water partition coefficient (Wildman–Crippen LogP) is 1.18. The number of allylic oxidation sites excluding steroid dienone is 1. The van der Waals surface area contributed by atoms with E-state index in [9.17, 15) is 14.4 Å². The molecule has 0 heterocycles. The molecule has 1 rings (SSSR count). The Kier molecular flexibility index (Phi) is 3.47. The van der Waals surface area contributed by atoms with Crippen molar-refractivity contribution >= 4 is 17.8 Å². The average Bonchev–Trinajstić information content (AvgIpc) is 2.21. The first kappa shape index (κ1) is 12.4. The minimum absolute atomic E-state index is 0.0432. The van der Waals surface area contributed by atoms with Gasteiger partial charge in [0.15, 0.2) is 5.78 Å². The lowest BCUT2D eigenvalue weighted by molar-refractivity contribution is -0.123.